The second-order valence-electron chi connectivity index (χ2n) is 8.75. The number of carbonyl (C=O) groups excluding carboxylic acids is 1. The summed E-state index contributed by atoms with van der Waals surface area (Å²) < 4.78 is 18.4. The van der Waals surface area contributed by atoms with Gasteiger partial charge in [-0.15, -0.1) is 0 Å². The molecule has 0 aliphatic heterocycles. The monoisotopic (exact) mass is 496 g/mol. The highest BCUT2D eigenvalue weighted by Crippen LogP contribution is 2.30. The Morgan fingerprint density at radius 3 is 2.43 bits per heavy atom. The Labute approximate surface area is 210 Å². The number of benzene rings is 2. The van der Waals surface area contributed by atoms with Crippen LogP contribution in [0.3, 0.4) is 0 Å². The molecule has 8 heteroatoms. The number of aromatic nitrogens is 2. The molecule has 0 fully saturated rings. The first-order valence-electron chi connectivity index (χ1n) is 11.5. The Hall–Kier alpha value is -3.26. The maximum Gasteiger partial charge on any atom is 0.309 e. The van der Waals surface area contributed by atoms with E-state index in [2.05, 4.69) is 4.98 Å². The summed E-state index contributed by atoms with van der Waals surface area (Å²) in [6.07, 6.45) is 2.80. The lowest BCUT2D eigenvalue weighted by Crippen LogP contribution is -2.27. The van der Waals surface area contributed by atoms with Gasteiger partial charge in [0.25, 0.3) is 5.56 Å². The van der Waals surface area contributed by atoms with E-state index < -0.39 is 6.10 Å². The van der Waals surface area contributed by atoms with Crippen LogP contribution in [0, 0.1) is 18.8 Å². The van der Waals surface area contributed by atoms with Gasteiger partial charge in [0.05, 0.1) is 18.7 Å². The maximum atomic E-state index is 13.1. The number of nitrogens with zero attached hydrogens (tertiary/aromatic N) is 2. The molecule has 2 aromatic carbocycles. The smallest absolute Gasteiger partial charge is 0.309 e. The Kier molecular flexibility index (Phi) is 8.98. The van der Waals surface area contributed by atoms with Crippen molar-refractivity contribution in [1.82, 2.24) is 9.55 Å². The molecule has 0 aliphatic rings. The number of methoxy groups -OCH3 is 1. The number of aryl methyl sites for hydroxylation is 1. The highest BCUT2D eigenvalue weighted by molar-refractivity contribution is 7.99. The summed E-state index contributed by atoms with van der Waals surface area (Å²) in [6, 6.07) is 13.2. The normalized spacial score (nSPS) is 12.8. The van der Waals surface area contributed by atoms with Crippen LogP contribution >= 0.6 is 11.8 Å². The van der Waals surface area contributed by atoms with Gasteiger partial charge >= 0.3 is 5.97 Å². The molecule has 1 unspecified atom stereocenters. The second-order valence-corrected chi connectivity index (χ2v) is 9.81. The molecule has 0 aliphatic carbocycles. The van der Waals surface area contributed by atoms with Gasteiger partial charge in [0.15, 0.2) is 16.5 Å². The number of hydrogen-bond acceptors (Lipinski definition) is 7. The third-order valence-corrected chi connectivity index (χ3v) is 6.61. The number of hydrogen-bond donors (Lipinski definition) is 0. The molecule has 35 heavy (non-hydrogen) atoms. The van der Waals surface area contributed by atoms with Crippen molar-refractivity contribution in [2.45, 2.75) is 50.6 Å². The summed E-state index contributed by atoms with van der Waals surface area (Å²) in [5.74, 6) is 0.741. The van der Waals surface area contributed by atoms with E-state index in [0.717, 1.165) is 10.5 Å². The van der Waals surface area contributed by atoms with E-state index in [9.17, 15) is 9.59 Å². The fraction of sp³-hybridized carbons (Fsp3) is 0.370. The standard InChI is InChI=1S/C27H32N2O5S/c1-17(2)20(5)27(31)34-19(4)16-33-23-12-9-21(15-24(23)32-6)29-14-13-28-25(26(29)30)35-22-10-7-18(3)8-11-22/h7-15,17,19-20H,16H2,1-6H3/t19?,20-/m0/s1. The molecule has 0 saturated carbocycles. The predicted molar refractivity (Wildman–Crippen MR) is 137 cm³/mol. The summed E-state index contributed by atoms with van der Waals surface area (Å²) in [5, 5.41) is 0.377. The van der Waals surface area contributed by atoms with Gasteiger partial charge in [-0.2, -0.15) is 0 Å². The second kappa shape index (κ2) is 11.9. The molecule has 186 valence electrons. The van der Waals surface area contributed by atoms with Crippen LogP contribution < -0.4 is 15.0 Å². The minimum Gasteiger partial charge on any atom is -0.493 e. The van der Waals surface area contributed by atoms with Crippen LogP contribution in [0.5, 0.6) is 11.5 Å². The first-order valence-corrected chi connectivity index (χ1v) is 12.3. The highest BCUT2D eigenvalue weighted by atomic mass is 32.2. The number of rotatable bonds is 10. The zero-order valence-corrected chi connectivity index (χ0v) is 21.8. The van der Waals surface area contributed by atoms with Crippen molar-refractivity contribution in [1.29, 1.82) is 0 Å². The van der Waals surface area contributed by atoms with Crippen LogP contribution in [0.2, 0.25) is 0 Å². The molecule has 1 heterocycles. The summed E-state index contributed by atoms with van der Waals surface area (Å²) >= 11 is 1.32. The van der Waals surface area contributed by atoms with Gasteiger partial charge in [0, 0.05) is 23.4 Å². The summed E-state index contributed by atoms with van der Waals surface area (Å²) in [4.78, 5) is 30.5. The topological polar surface area (TPSA) is 79.7 Å². The average Bonchev–Trinajstić information content (AvgIpc) is 2.84. The van der Waals surface area contributed by atoms with Crippen LogP contribution in [0.1, 0.15) is 33.3 Å². The lowest BCUT2D eigenvalue weighted by Gasteiger charge is -2.20. The fourth-order valence-corrected chi connectivity index (χ4v) is 3.92. The minimum absolute atomic E-state index is 0.179. The van der Waals surface area contributed by atoms with Crippen molar-refractivity contribution in [3.8, 4) is 17.2 Å². The van der Waals surface area contributed by atoms with E-state index in [1.54, 1.807) is 37.5 Å². The quantitative estimate of drug-likeness (QED) is 0.352. The Balaban J connectivity index is 1.74. The maximum absolute atomic E-state index is 13.1. The van der Waals surface area contributed by atoms with Gasteiger partial charge in [-0.05, 0) is 44.0 Å². The van der Waals surface area contributed by atoms with Crippen molar-refractivity contribution >= 4 is 17.7 Å². The van der Waals surface area contributed by atoms with E-state index in [-0.39, 0.29) is 30.0 Å². The lowest BCUT2D eigenvalue weighted by atomic mass is 9.98. The van der Waals surface area contributed by atoms with Crippen molar-refractivity contribution in [3.05, 3.63) is 70.8 Å². The van der Waals surface area contributed by atoms with Gasteiger partial charge in [0.1, 0.15) is 12.7 Å². The molecule has 7 nitrogen and oxygen atoms in total. The van der Waals surface area contributed by atoms with E-state index in [1.807, 2.05) is 52.0 Å². The van der Waals surface area contributed by atoms with Crippen LogP contribution in [0.15, 0.2) is 69.6 Å². The number of carbonyl (C=O) groups is 1. The van der Waals surface area contributed by atoms with Gasteiger partial charge < -0.3 is 14.2 Å². The zero-order valence-electron chi connectivity index (χ0n) is 21.0. The first kappa shape index (κ1) is 26.3. The van der Waals surface area contributed by atoms with Crippen molar-refractivity contribution < 1.29 is 19.0 Å². The molecular formula is C27H32N2O5S. The van der Waals surface area contributed by atoms with E-state index >= 15 is 0 Å². The SMILES string of the molecule is COc1cc(-n2ccnc(Sc3ccc(C)cc3)c2=O)ccc1OCC(C)OC(=O)[C@@H](C)C(C)C. The molecule has 0 bridgehead atoms. The molecule has 2 atom stereocenters. The largest absolute Gasteiger partial charge is 0.493 e. The molecule has 1 aromatic heterocycles. The Morgan fingerprint density at radius 1 is 1.06 bits per heavy atom. The van der Waals surface area contributed by atoms with Gasteiger partial charge in [-0.3, -0.25) is 14.2 Å². The Morgan fingerprint density at radius 2 is 1.77 bits per heavy atom. The molecule has 0 amide bonds. The molecular weight excluding hydrogens is 464 g/mol. The summed E-state index contributed by atoms with van der Waals surface area (Å²) in [5.41, 5.74) is 1.55. The Bertz CT molecular complexity index is 1210. The molecule has 0 N–H and O–H groups in total. The third-order valence-electron chi connectivity index (χ3n) is 5.63. The van der Waals surface area contributed by atoms with Gasteiger partial charge in [-0.1, -0.05) is 50.2 Å². The van der Waals surface area contributed by atoms with Crippen molar-refractivity contribution in [2.75, 3.05) is 13.7 Å². The van der Waals surface area contributed by atoms with Gasteiger partial charge in [0.2, 0.25) is 0 Å². The van der Waals surface area contributed by atoms with Crippen LogP contribution in [-0.2, 0) is 9.53 Å². The molecule has 3 rings (SSSR count). The average molecular weight is 497 g/mol. The zero-order chi connectivity index (χ0) is 25.5. The summed E-state index contributed by atoms with van der Waals surface area (Å²) in [6.45, 7) is 9.81. The fourth-order valence-electron chi connectivity index (χ4n) is 3.13. The van der Waals surface area contributed by atoms with E-state index in [1.165, 1.54) is 23.4 Å². The molecule has 0 saturated heterocycles. The molecule has 0 radical (unpaired) electrons. The van der Waals surface area contributed by atoms with E-state index in [4.69, 9.17) is 14.2 Å². The van der Waals surface area contributed by atoms with Crippen LogP contribution in [0.4, 0.5) is 0 Å². The van der Waals surface area contributed by atoms with Gasteiger partial charge in [-0.25, -0.2) is 4.98 Å². The van der Waals surface area contributed by atoms with Crippen molar-refractivity contribution in [2.24, 2.45) is 11.8 Å². The predicted octanol–water partition coefficient (Wildman–Crippen LogP) is 5.30. The number of esters is 1. The third kappa shape index (κ3) is 6.88. The minimum atomic E-state index is -0.419. The molecule has 0 spiro atoms. The van der Waals surface area contributed by atoms with Crippen molar-refractivity contribution in [3.63, 3.8) is 0 Å². The molecule has 3 aromatic rings. The summed E-state index contributed by atoms with van der Waals surface area (Å²) in [7, 11) is 1.54. The van der Waals surface area contributed by atoms with E-state index in [0.29, 0.717) is 22.2 Å². The lowest BCUT2D eigenvalue weighted by molar-refractivity contribution is -0.155. The number of ether oxygens (including phenoxy) is 3. The first-order chi connectivity index (χ1) is 16.7. The van der Waals surface area contributed by atoms with Crippen LogP contribution in [-0.4, -0.2) is 35.3 Å². The van der Waals surface area contributed by atoms with Crippen LogP contribution in [0.25, 0.3) is 5.69 Å². The highest BCUT2D eigenvalue weighted by Gasteiger charge is 2.21.